The molecule has 1 aromatic carbocycles. The Labute approximate surface area is 128 Å². The number of benzene rings is 1. The molecule has 0 spiro atoms. The van der Waals surface area contributed by atoms with Gasteiger partial charge in [-0.2, -0.15) is 0 Å². The van der Waals surface area contributed by atoms with Gasteiger partial charge in [-0.05, 0) is 55.3 Å². The molecule has 6 nitrogen and oxygen atoms in total. The summed E-state index contributed by atoms with van der Waals surface area (Å²) in [7, 11) is 0. The van der Waals surface area contributed by atoms with E-state index in [1.54, 1.807) is 12.1 Å². The van der Waals surface area contributed by atoms with E-state index in [0.717, 1.165) is 18.4 Å². The quantitative estimate of drug-likeness (QED) is 0.863. The van der Waals surface area contributed by atoms with E-state index in [1.165, 1.54) is 0 Å². The number of rotatable bonds is 2. The van der Waals surface area contributed by atoms with Gasteiger partial charge in [0.25, 0.3) is 0 Å². The topological polar surface area (TPSA) is 78.9 Å². The molecule has 1 unspecified atom stereocenters. The van der Waals surface area contributed by atoms with E-state index in [0.29, 0.717) is 23.1 Å². The average Bonchev–Trinajstić information content (AvgIpc) is 2.86. The summed E-state index contributed by atoms with van der Waals surface area (Å²) in [5.41, 5.74) is 7.25. The lowest BCUT2D eigenvalue weighted by atomic mass is 9.94. The monoisotopic (exact) mass is 307 g/mol. The number of hydrogen-bond donors (Lipinski definition) is 1. The number of tetrazole rings is 1. The lowest BCUT2D eigenvalue weighted by Gasteiger charge is -2.35. The fraction of sp³-hybridized carbons (Fsp3) is 0.500. The van der Waals surface area contributed by atoms with Gasteiger partial charge >= 0.3 is 0 Å². The van der Waals surface area contributed by atoms with Crippen molar-refractivity contribution in [3.8, 4) is 11.4 Å². The summed E-state index contributed by atoms with van der Waals surface area (Å²) in [5.74, 6) is 0.673. The summed E-state index contributed by atoms with van der Waals surface area (Å²) in [6.07, 6.45) is 1.74. The molecule has 21 heavy (non-hydrogen) atoms. The van der Waals surface area contributed by atoms with Gasteiger partial charge in [-0.25, -0.2) is 4.68 Å². The molecule has 1 aromatic heterocycles. The van der Waals surface area contributed by atoms with E-state index < -0.39 is 0 Å². The zero-order chi connectivity index (χ0) is 15.0. The number of hydrogen-bond acceptors (Lipinski definition) is 5. The second-order valence-corrected chi connectivity index (χ2v) is 6.37. The minimum atomic E-state index is -0.169. The third-order valence-electron chi connectivity index (χ3n) is 3.76. The summed E-state index contributed by atoms with van der Waals surface area (Å²) < 4.78 is 7.61. The largest absolute Gasteiger partial charge is 0.398 e. The molecule has 0 saturated carbocycles. The van der Waals surface area contributed by atoms with Crippen molar-refractivity contribution in [2.75, 3.05) is 12.3 Å². The number of nitrogen functional groups attached to an aromatic ring is 1. The number of nitrogens with two attached hydrogens (primary N) is 1. The van der Waals surface area contributed by atoms with Crippen molar-refractivity contribution >= 4 is 17.3 Å². The molecule has 1 aliphatic rings. The maximum atomic E-state index is 6.05. The lowest BCUT2D eigenvalue weighted by Crippen LogP contribution is -2.35. The molecule has 1 fully saturated rings. The van der Waals surface area contributed by atoms with E-state index in [2.05, 4.69) is 29.4 Å². The summed E-state index contributed by atoms with van der Waals surface area (Å²) >= 11 is 5.95. The van der Waals surface area contributed by atoms with Gasteiger partial charge in [0.1, 0.15) is 0 Å². The maximum absolute atomic E-state index is 6.05. The predicted molar refractivity (Wildman–Crippen MR) is 81.0 cm³/mol. The molecule has 0 radical (unpaired) electrons. The number of ether oxygens (including phenoxy) is 1. The smallest absolute Gasteiger partial charge is 0.184 e. The van der Waals surface area contributed by atoms with E-state index >= 15 is 0 Å². The second kappa shape index (κ2) is 5.27. The fourth-order valence-electron chi connectivity index (χ4n) is 2.76. The van der Waals surface area contributed by atoms with Gasteiger partial charge in [-0.1, -0.05) is 11.6 Å². The number of aromatic nitrogens is 4. The molecular weight excluding hydrogens is 290 g/mol. The van der Waals surface area contributed by atoms with Crippen LogP contribution >= 0.6 is 11.6 Å². The van der Waals surface area contributed by atoms with Crippen molar-refractivity contribution in [2.24, 2.45) is 0 Å². The Balaban J connectivity index is 1.97. The predicted octanol–water partition coefficient (Wildman–Crippen LogP) is 2.71. The van der Waals surface area contributed by atoms with Crippen LogP contribution in [-0.4, -0.2) is 32.4 Å². The SMILES string of the molecule is CC1(C)CC(n2nnnc2-c2ccc(Cl)cc2N)CCO1. The Morgan fingerprint density at radius 3 is 2.95 bits per heavy atom. The minimum Gasteiger partial charge on any atom is -0.398 e. The summed E-state index contributed by atoms with van der Waals surface area (Å²) in [5, 5.41) is 12.7. The van der Waals surface area contributed by atoms with Crippen molar-refractivity contribution < 1.29 is 4.74 Å². The lowest BCUT2D eigenvalue weighted by molar-refractivity contribution is -0.0707. The Hall–Kier alpha value is -1.66. The number of nitrogens with zero attached hydrogens (tertiary/aromatic N) is 4. The van der Waals surface area contributed by atoms with Crippen molar-refractivity contribution in [1.29, 1.82) is 0 Å². The molecule has 0 bridgehead atoms. The first-order valence-corrected chi connectivity index (χ1v) is 7.31. The molecule has 7 heteroatoms. The highest BCUT2D eigenvalue weighted by Gasteiger charge is 2.32. The van der Waals surface area contributed by atoms with Crippen LogP contribution in [0.15, 0.2) is 18.2 Å². The van der Waals surface area contributed by atoms with Gasteiger partial charge in [-0.15, -0.1) is 5.10 Å². The van der Waals surface area contributed by atoms with Crippen molar-refractivity contribution in [2.45, 2.75) is 38.3 Å². The first kappa shape index (κ1) is 14.3. The molecule has 1 saturated heterocycles. The van der Waals surface area contributed by atoms with Crippen LogP contribution < -0.4 is 5.73 Å². The van der Waals surface area contributed by atoms with E-state index in [1.807, 2.05) is 10.7 Å². The Kier molecular flexibility index (Phi) is 3.59. The second-order valence-electron chi connectivity index (χ2n) is 5.93. The normalized spacial score (nSPS) is 21.4. The van der Waals surface area contributed by atoms with Gasteiger partial charge in [0.15, 0.2) is 5.82 Å². The molecule has 1 atom stereocenters. The van der Waals surface area contributed by atoms with Crippen LogP contribution in [0.4, 0.5) is 5.69 Å². The Morgan fingerprint density at radius 1 is 1.43 bits per heavy atom. The highest BCUT2D eigenvalue weighted by molar-refractivity contribution is 6.31. The first-order chi connectivity index (χ1) is 9.96. The van der Waals surface area contributed by atoms with Crippen LogP contribution in [0.3, 0.4) is 0 Å². The van der Waals surface area contributed by atoms with E-state index in [4.69, 9.17) is 22.1 Å². The van der Waals surface area contributed by atoms with Crippen LogP contribution in [0.5, 0.6) is 0 Å². The molecule has 2 aromatic rings. The van der Waals surface area contributed by atoms with Crippen LogP contribution in [-0.2, 0) is 4.74 Å². The van der Waals surface area contributed by atoms with Crippen molar-refractivity contribution in [1.82, 2.24) is 20.2 Å². The molecule has 112 valence electrons. The van der Waals surface area contributed by atoms with Crippen LogP contribution in [0.1, 0.15) is 32.7 Å². The van der Waals surface area contributed by atoms with Crippen molar-refractivity contribution in [3.05, 3.63) is 23.2 Å². The fourth-order valence-corrected chi connectivity index (χ4v) is 2.94. The Morgan fingerprint density at radius 2 is 2.24 bits per heavy atom. The van der Waals surface area contributed by atoms with Crippen LogP contribution in [0.25, 0.3) is 11.4 Å². The summed E-state index contributed by atoms with van der Waals surface area (Å²) in [6, 6.07) is 5.56. The van der Waals surface area contributed by atoms with Gasteiger partial charge in [0.05, 0.1) is 11.6 Å². The molecule has 3 rings (SSSR count). The third-order valence-corrected chi connectivity index (χ3v) is 4.00. The average molecular weight is 308 g/mol. The molecule has 2 N–H and O–H groups in total. The zero-order valence-corrected chi connectivity index (χ0v) is 12.8. The molecule has 0 amide bonds. The minimum absolute atomic E-state index is 0.169. The van der Waals surface area contributed by atoms with Crippen LogP contribution in [0, 0.1) is 0 Å². The Bertz CT molecular complexity index is 655. The molecule has 2 heterocycles. The van der Waals surface area contributed by atoms with Gasteiger partial charge < -0.3 is 10.5 Å². The van der Waals surface area contributed by atoms with Crippen molar-refractivity contribution in [3.63, 3.8) is 0 Å². The standard InChI is InChI=1S/C14H18ClN5O/c1-14(2)8-10(5-6-21-14)20-13(17-18-19-20)11-4-3-9(15)7-12(11)16/h3-4,7,10H,5-6,8,16H2,1-2H3. The molecule has 1 aliphatic heterocycles. The maximum Gasteiger partial charge on any atom is 0.184 e. The summed E-state index contributed by atoms with van der Waals surface area (Å²) in [4.78, 5) is 0. The van der Waals surface area contributed by atoms with Crippen LogP contribution in [0.2, 0.25) is 5.02 Å². The highest BCUT2D eigenvalue weighted by Crippen LogP contribution is 2.35. The van der Waals surface area contributed by atoms with Gasteiger partial charge in [0.2, 0.25) is 0 Å². The van der Waals surface area contributed by atoms with E-state index in [-0.39, 0.29) is 11.6 Å². The first-order valence-electron chi connectivity index (χ1n) is 6.93. The van der Waals surface area contributed by atoms with Gasteiger partial charge in [-0.3, -0.25) is 0 Å². The molecule has 0 aliphatic carbocycles. The number of anilines is 1. The molecular formula is C14H18ClN5O. The number of halogens is 1. The summed E-state index contributed by atoms with van der Waals surface area (Å²) in [6.45, 7) is 4.87. The van der Waals surface area contributed by atoms with Gasteiger partial charge in [0, 0.05) is 22.9 Å². The highest BCUT2D eigenvalue weighted by atomic mass is 35.5. The van der Waals surface area contributed by atoms with E-state index in [9.17, 15) is 0 Å². The third kappa shape index (κ3) is 2.87. The zero-order valence-electron chi connectivity index (χ0n) is 12.1.